The molecule has 0 saturated carbocycles. The van der Waals surface area contributed by atoms with Gasteiger partial charge in [-0.15, -0.1) is 0 Å². The molecular weight excluding hydrogens is 366 g/mol. The molecule has 0 unspecified atom stereocenters. The molecule has 0 aliphatic carbocycles. The summed E-state index contributed by atoms with van der Waals surface area (Å²) in [5, 5.41) is 24.2. The van der Waals surface area contributed by atoms with Gasteiger partial charge in [-0.05, 0) is 18.2 Å². The van der Waals surface area contributed by atoms with Crippen molar-refractivity contribution in [3.63, 3.8) is 0 Å². The number of carbonyl (C=O) groups is 1. The Morgan fingerprint density at radius 3 is 2.18 bits per heavy atom. The Morgan fingerprint density at radius 1 is 0.929 bits per heavy atom. The molecule has 28 heavy (non-hydrogen) atoms. The van der Waals surface area contributed by atoms with E-state index in [1.807, 2.05) is 4.90 Å². The number of nitro groups is 2. The molecule has 0 atom stereocenters. The van der Waals surface area contributed by atoms with E-state index < -0.39 is 9.85 Å². The molecule has 1 aliphatic heterocycles. The summed E-state index contributed by atoms with van der Waals surface area (Å²) in [6.07, 6.45) is 0. The first-order chi connectivity index (χ1) is 13.4. The molecule has 2 aromatic carbocycles. The molecule has 1 N–H and O–H groups in total. The zero-order chi connectivity index (χ0) is 20.1. The molecule has 146 valence electrons. The molecule has 2 aromatic rings. The number of amides is 1. The van der Waals surface area contributed by atoms with E-state index in [1.54, 1.807) is 18.2 Å². The van der Waals surface area contributed by atoms with Crippen LogP contribution in [0.5, 0.6) is 0 Å². The third kappa shape index (κ3) is 4.80. The van der Waals surface area contributed by atoms with Gasteiger partial charge in [0.25, 0.3) is 11.4 Å². The van der Waals surface area contributed by atoms with E-state index in [1.165, 1.54) is 30.3 Å². The first-order valence-corrected chi connectivity index (χ1v) is 8.68. The molecule has 0 bridgehead atoms. The number of rotatable bonds is 6. The number of nitrogens with one attached hydrogen (secondary N) is 1. The number of nitrogens with zero attached hydrogens (tertiary/aromatic N) is 4. The van der Waals surface area contributed by atoms with Crippen LogP contribution in [-0.4, -0.2) is 53.4 Å². The van der Waals surface area contributed by atoms with Gasteiger partial charge >= 0.3 is 0 Å². The van der Waals surface area contributed by atoms with E-state index in [0.29, 0.717) is 31.9 Å². The largest absolute Gasteiger partial charge is 0.369 e. The monoisotopic (exact) mass is 385 g/mol. The first kappa shape index (κ1) is 19.2. The fourth-order valence-corrected chi connectivity index (χ4v) is 3.05. The summed E-state index contributed by atoms with van der Waals surface area (Å²) in [5.41, 5.74) is 1.28. The highest BCUT2D eigenvalue weighted by molar-refractivity contribution is 5.92. The van der Waals surface area contributed by atoms with Crippen molar-refractivity contribution in [3.8, 4) is 0 Å². The zero-order valence-electron chi connectivity index (χ0n) is 15.0. The third-order valence-corrected chi connectivity index (χ3v) is 4.51. The maximum atomic E-state index is 12.2. The van der Waals surface area contributed by atoms with Gasteiger partial charge in [-0.25, -0.2) is 0 Å². The lowest BCUT2D eigenvalue weighted by atomic mass is 10.2. The molecule has 1 fully saturated rings. The van der Waals surface area contributed by atoms with Crippen molar-refractivity contribution in [2.24, 2.45) is 0 Å². The normalized spacial score (nSPS) is 14.5. The van der Waals surface area contributed by atoms with E-state index in [2.05, 4.69) is 10.2 Å². The van der Waals surface area contributed by atoms with Crippen molar-refractivity contribution in [2.75, 3.05) is 42.9 Å². The van der Waals surface area contributed by atoms with Crippen LogP contribution in [0.3, 0.4) is 0 Å². The van der Waals surface area contributed by atoms with E-state index >= 15 is 0 Å². The number of benzene rings is 2. The molecule has 1 saturated heterocycles. The van der Waals surface area contributed by atoms with Crippen LogP contribution in [0.4, 0.5) is 22.7 Å². The molecule has 0 radical (unpaired) electrons. The molecule has 0 aromatic heterocycles. The van der Waals surface area contributed by atoms with Gasteiger partial charge in [0, 0.05) is 61.8 Å². The van der Waals surface area contributed by atoms with Crippen LogP contribution in [0.1, 0.15) is 0 Å². The van der Waals surface area contributed by atoms with Crippen molar-refractivity contribution in [1.29, 1.82) is 0 Å². The van der Waals surface area contributed by atoms with Crippen LogP contribution in [-0.2, 0) is 4.79 Å². The Bertz CT molecular complexity index is 878. The van der Waals surface area contributed by atoms with E-state index in [9.17, 15) is 25.0 Å². The standard InChI is InChI=1S/C18H19N5O5/c24-18(19-14-2-1-3-17(12-14)23(27)28)13-20-8-10-21(11-9-20)15-4-6-16(7-5-15)22(25)26/h1-7,12H,8-11,13H2,(H,19,24). The highest BCUT2D eigenvalue weighted by Gasteiger charge is 2.20. The Labute approximate surface area is 160 Å². The predicted octanol–water partition coefficient (Wildman–Crippen LogP) is 2.26. The first-order valence-electron chi connectivity index (χ1n) is 8.68. The minimum Gasteiger partial charge on any atom is -0.369 e. The second-order valence-electron chi connectivity index (χ2n) is 6.39. The van der Waals surface area contributed by atoms with Crippen LogP contribution in [0, 0.1) is 20.2 Å². The van der Waals surface area contributed by atoms with Gasteiger partial charge in [-0.2, -0.15) is 0 Å². The Balaban J connectivity index is 1.50. The molecule has 10 nitrogen and oxygen atoms in total. The van der Waals surface area contributed by atoms with Crippen LogP contribution in [0.25, 0.3) is 0 Å². The number of hydrogen-bond donors (Lipinski definition) is 1. The summed E-state index contributed by atoms with van der Waals surface area (Å²) in [6, 6.07) is 12.2. The number of non-ortho nitro benzene ring substituents is 2. The Kier molecular flexibility index (Phi) is 5.80. The highest BCUT2D eigenvalue weighted by atomic mass is 16.6. The van der Waals surface area contributed by atoms with Gasteiger partial charge in [-0.3, -0.25) is 29.9 Å². The lowest BCUT2D eigenvalue weighted by Crippen LogP contribution is -2.48. The van der Waals surface area contributed by atoms with Gasteiger partial charge in [-0.1, -0.05) is 6.07 Å². The molecule has 1 heterocycles. The van der Waals surface area contributed by atoms with Crippen molar-refractivity contribution >= 4 is 28.7 Å². The van der Waals surface area contributed by atoms with Gasteiger partial charge < -0.3 is 10.2 Å². The van der Waals surface area contributed by atoms with Gasteiger partial charge in [0.2, 0.25) is 5.91 Å². The molecule has 0 spiro atoms. The summed E-state index contributed by atoms with van der Waals surface area (Å²) in [7, 11) is 0. The summed E-state index contributed by atoms with van der Waals surface area (Å²) < 4.78 is 0. The van der Waals surface area contributed by atoms with Gasteiger partial charge in [0.15, 0.2) is 0 Å². The summed E-state index contributed by atoms with van der Waals surface area (Å²) in [6.45, 7) is 2.92. The van der Waals surface area contributed by atoms with Crippen LogP contribution >= 0.6 is 0 Å². The predicted molar refractivity (Wildman–Crippen MR) is 103 cm³/mol. The average Bonchev–Trinajstić information content (AvgIpc) is 2.68. The summed E-state index contributed by atoms with van der Waals surface area (Å²) in [4.78, 5) is 36.9. The van der Waals surface area contributed by atoms with Crippen molar-refractivity contribution < 1.29 is 14.6 Å². The van der Waals surface area contributed by atoms with E-state index in [0.717, 1.165) is 5.69 Å². The van der Waals surface area contributed by atoms with Crippen LogP contribution in [0.2, 0.25) is 0 Å². The molecule has 3 rings (SSSR count). The van der Waals surface area contributed by atoms with E-state index in [4.69, 9.17) is 0 Å². The number of carbonyl (C=O) groups excluding carboxylic acids is 1. The number of piperazine rings is 1. The summed E-state index contributed by atoms with van der Waals surface area (Å²) in [5.74, 6) is -0.232. The fourth-order valence-electron chi connectivity index (χ4n) is 3.05. The third-order valence-electron chi connectivity index (χ3n) is 4.51. The number of hydrogen-bond acceptors (Lipinski definition) is 7. The van der Waals surface area contributed by atoms with Crippen molar-refractivity contribution in [1.82, 2.24) is 4.90 Å². The quantitative estimate of drug-likeness (QED) is 0.598. The second-order valence-corrected chi connectivity index (χ2v) is 6.39. The number of anilines is 2. The van der Waals surface area contributed by atoms with E-state index in [-0.39, 0.29) is 23.8 Å². The Hall–Kier alpha value is -3.53. The van der Waals surface area contributed by atoms with Crippen LogP contribution in [0.15, 0.2) is 48.5 Å². The number of nitro benzene ring substituents is 2. The topological polar surface area (TPSA) is 122 Å². The lowest BCUT2D eigenvalue weighted by Gasteiger charge is -2.35. The lowest BCUT2D eigenvalue weighted by molar-refractivity contribution is -0.385. The van der Waals surface area contributed by atoms with Crippen molar-refractivity contribution in [2.45, 2.75) is 0 Å². The molecule has 1 amide bonds. The fraction of sp³-hybridized carbons (Fsp3) is 0.278. The maximum absolute atomic E-state index is 12.2. The smallest absolute Gasteiger partial charge is 0.271 e. The molecular formula is C18H19N5O5. The maximum Gasteiger partial charge on any atom is 0.271 e. The summed E-state index contributed by atoms with van der Waals surface area (Å²) >= 11 is 0. The Morgan fingerprint density at radius 2 is 1.57 bits per heavy atom. The van der Waals surface area contributed by atoms with Gasteiger partial charge in [0.1, 0.15) is 0 Å². The second kappa shape index (κ2) is 8.44. The molecule has 10 heteroatoms. The van der Waals surface area contributed by atoms with Gasteiger partial charge in [0.05, 0.1) is 16.4 Å². The molecule has 1 aliphatic rings. The highest BCUT2D eigenvalue weighted by Crippen LogP contribution is 2.21. The SMILES string of the molecule is O=C(CN1CCN(c2ccc([N+](=O)[O-])cc2)CC1)Nc1cccc([N+](=O)[O-])c1. The average molecular weight is 385 g/mol. The minimum atomic E-state index is -0.507. The van der Waals surface area contributed by atoms with Crippen LogP contribution < -0.4 is 10.2 Å². The minimum absolute atomic E-state index is 0.0557. The van der Waals surface area contributed by atoms with Crippen molar-refractivity contribution in [3.05, 3.63) is 68.8 Å². The zero-order valence-corrected chi connectivity index (χ0v) is 15.0.